The van der Waals surface area contributed by atoms with Gasteiger partial charge in [0.15, 0.2) is 23.0 Å². The number of hydrogen-bond donors (Lipinski definition) is 5. The van der Waals surface area contributed by atoms with E-state index < -0.39 is 65.5 Å². The van der Waals surface area contributed by atoms with E-state index in [0.29, 0.717) is 0 Å². The maximum atomic E-state index is 14.7. The van der Waals surface area contributed by atoms with Crippen molar-refractivity contribution in [1.29, 1.82) is 10.9 Å². The number of ether oxygens (including phenoxy) is 2. The van der Waals surface area contributed by atoms with Crippen molar-refractivity contribution in [2.24, 2.45) is 11.0 Å². The van der Waals surface area contributed by atoms with Gasteiger partial charge < -0.3 is 24.9 Å². The van der Waals surface area contributed by atoms with Crippen LogP contribution in [0.5, 0.6) is 5.75 Å². The van der Waals surface area contributed by atoms with E-state index in [1.807, 2.05) is 0 Å². The third-order valence-corrected chi connectivity index (χ3v) is 7.01. The zero-order chi connectivity index (χ0) is 29.6. The van der Waals surface area contributed by atoms with Gasteiger partial charge in [-0.15, -0.1) is 5.11 Å². The fraction of sp³-hybridized carbons (Fsp3) is 0.417. The monoisotopic (exact) mass is 569 g/mol. The second-order valence-corrected chi connectivity index (χ2v) is 9.30. The summed E-state index contributed by atoms with van der Waals surface area (Å²) in [4.78, 5) is 23.2. The van der Waals surface area contributed by atoms with Crippen LogP contribution < -0.4 is 10.1 Å². The minimum Gasteiger partial charge on any atom is -0.493 e. The number of halogens is 5. The fourth-order valence-electron chi connectivity index (χ4n) is 4.81. The Hall–Kier alpha value is -4.05. The van der Waals surface area contributed by atoms with Crippen LogP contribution in [0.4, 0.5) is 27.8 Å². The molecule has 3 heterocycles. The van der Waals surface area contributed by atoms with Gasteiger partial charge in [-0.3, -0.25) is 10.2 Å². The molecule has 0 spiro atoms. The van der Waals surface area contributed by atoms with Crippen molar-refractivity contribution < 1.29 is 41.3 Å². The number of rotatable bonds is 7. The quantitative estimate of drug-likeness (QED) is 0.119. The van der Waals surface area contributed by atoms with Gasteiger partial charge in [0, 0.05) is 23.5 Å². The van der Waals surface area contributed by atoms with Gasteiger partial charge in [-0.05, 0) is 13.0 Å². The van der Waals surface area contributed by atoms with Crippen LogP contribution in [-0.2, 0) is 9.53 Å². The molecule has 4 atom stereocenters. The summed E-state index contributed by atoms with van der Waals surface area (Å²) in [6.07, 6.45) is -6.64. The Kier molecular flexibility index (Phi) is 7.60. The Morgan fingerprint density at radius 2 is 2.02 bits per heavy atom. The number of alkyl halides is 3. The minimum atomic E-state index is -4.87. The largest absolute Gasteiger partial charge is 0.493 e. The Morgan fingerprint density at radius 3 is 2.62 bits per heavy atom. The first kappa shape index (κ1) is 28.9. The number of carbonyl (C=O) groups is 1. The number of pyridine rings is 1. The molecule has 40 heavy (non-hydrogen) atoms. The van der Waals surface area contributed by atoms with Crippen LogP contribution in [-0.4, -0.2) is 57.3 Å². The molecule has 2 aromatic heterocycles. The van der Waals surface area contributed by atoms with Crippen molar-refractivity contribution >= 4 is 28.6 Å². The number of nitrogens with zero attached hydrogens (tertiary/aromatic N) is 3. The lowest BCUT2D eigenvalue weighted by Gasteiger charge is -2.32. The summed E-state index contributed by atoms with van der Waals surface area (Å²) in [5.41, 5.74) is 4.14. The number of aliphatic hydroxyl groups excluding tert-OH is 1. The molecule has 0 unspecified atom stereocenters. The van der Waals surface area contributed by atoms with Crippen LogP contribution in [0.25, 0.3) is 11.0 Å². The molecule has 1 aliphatic heterocycles. The zero-order valence-corrected chi connectivity index (χ0v) is 21.3. The number of nitrogens with one attached hydrogen (secondary N) is 4. The van der Waals surface area contributed by atoms with Crippen LogP contribution in [0.3, 0.4) is 0 Å². The summed E-state index contributed by atoms with van der Waals surface area (Å²) in [7, 11) is 1.06. The van der Waals surface area contributed by atoms with Crippen molar-refractivity contribution in [1.82, 2.24) is 15.0 Å². The lowest BCUT2D eigenvalue weighted by molar-refractivity contribution is -0.275. The first-order chi connectivity index (χ1) is 18.8. The van der Waals surface area contributed by atoms with E-state index in [9.17, 15) is 26.7 Å². The van der Waals surface area contributed by atoms with Crippen LogP contribution in [0.1, 0.15) is 49.4 Å². The average molecular weight is 569 g/mol. The number of anilines is 1. The van der Waals surface area contributed by atoms with Gasteiger partial charge in [-0.2, -0.15) is 17.6 Å². The number of aliphatic hydroxyl groups is 1. The number of methoxy groups -OCH3 is 1. The number of hydrogen-bond acceptors (Lipinski definition) is 8. The molecule has 4 rings (SSSR count). The molecule has 1 aliphatic rings. The second kappa shape index (κ2) is 10.5. The van der Waals surface area contributed by atoms with Gasteiger partial charge in [0.2, 0.25) is 11.7 Å². The molecular formula is C24H24F5N7O4. The predicted molar refractivity (Wildman–Crippen MR) is 129 cm³/mol. The van der Waals surface area contributed by atoms with E-state index in [2.05, 4.69) is 25.4 Å². The van der Waals surface area contributed by atoms with Crippen molar-refractivity contribution in [3.8, 4) is 5.75 Å². The number of aromatic nitrogens is 3. The standard InChI is InChI=1S/C24H24F5N7O4/c1-9-15(10-4-5-11(25)16(26)19(10)39-3)20(40-23(9,2)24(27,28)29)22-32-12-8-13(33-14(38)6-7-37)34-18(17(12)35-22)21(30)36-31/h4-5,8-9,15,20,30-31,37H,6-7H2,1-3H3,(H,32,35)(H,33,34,38)/t9-,15-,20+,23+/m0/s1. The maximum absolute atomic E-state index is 14.7. The number of carbonyl (C=O) groups excluding carboxylic acids is 1. The van der Waals surface area contributed by atoms with E-state index >= 15 is 0 Å². The fourth-order valence-corrected chi connectivity index (χ4v) is 4.81. The minimum absolute atomic E-state index is 0.0657. The Labute approximate surface area is 223 Å². The van der Waals surface area contributed by atoms with Crippen molar-refractivity contribution in [2.75, 3.05) is 19.0 Å². The Balaban J connectivity index is 1.92. The predicted octanol–water partition coefficient (Wildman–Crippen LogP) is 4.73. The number of amidine groups is 1. The molecule has 0 bridgehead atoms. The molecule has 214 valence electrons. The summed E-state index contributed by atoms with van der Waals surface area (Å²) < 4.78 is 82.2. The first-order valence-corrected chi connectivity index (χ1v) is 11.8. The molecule has 1 amide bonds. The van der Waals surface area contributed by atoms with Gasteiger partial charge >= 0.3 is 6.18 Å². The Morgan fingerprint density at radius 1 is 1.32 bits per heavy atom. The lowest BCUT2D eigenvalue weighted by Crippen LogP contribution is -2.46. The lowest BCUT2D eigenvalue weighted by atomic mass is 9.77. The Bertz CT molecular complexity index is 1490. The van der Waals surface area contributed by atoms with Crippen molar-refractivity contribution in [3.63, 3.8) is 0 Å². The third kappa shape index (κ3) is 4.77. The highest BCUT2D eigenvalue weighted by Gasteiger charge is 2.65. The highest BCUT2D eigenvalue weighted by molar-refractivity contribution is 6.06. The zero-order valence-electron chi connectivity index (χ0n) is 21.3. The maximum Gasteiger partial charge on any atom is 0.417 e. The molecule has 3 aromatic rings. The molecular weight excluding hydrogens is 545 g/mol. The highest BCUT2D eigenvalue weighted by Crippen LogP contribution is 2.59. The number of fused-ring (bicyclic) bond motifs is 1. The number of amides is 1. The molecule has 1 aromatic carbocycles. The van der Waals surface area contributed by atoms with Crippen LogP contribution in [0, 0.1) is 28.5 Å². The van der Waals surface area contributed by atoms with Gasteiger partial charge in [0.1, 0.15) is 29.0 Å². The molecule has 0 radical (unpaired) electrons. The smallest absolute Gasteiger partial charge is 0.417 e. The first-order valence-electron chi connectivity index (χ1n) is 11.8. The molecule has 16 heteroatoms. The molecule has 0 aliphatic carbocycles. The van der Waals surface area contributed by atoms with Crippen LogP contribution >= 0.6 is 0 Å². The average Bonchev–Trinajstić information content (AvgIpc) is 3.43. The van der Waals surface area contributed by atoms with Gasteiger partial charge in [0.25, 0.3) is 0 Å². The number of imidazole rings is 1. The number of aromatic amines is 1. The van der Waals surface area contributed by atoms with E-state index in [-0.39, 0.29) is 40.4 Å². The summed E-state index contributed by atoms with van der Waals surface area (Å²) in [5.74, 6) is -7.38. The highest BCUT2D eigenvalue weighted by atomic mass is 19.4. The molecule has 1 saturated heterocycles. The van der Waals surface area contributed by atoms with Gasteiger partial charge in [-0.25, -0.2) is 19.9 Å². The molecule has 1 fully saturated rings. The molecule has 0 saturated carbocycles. The summed E-state index contributed by atoms with van der Waals surface area (Å²) >= 11 is 0. The van der Waals surface area contributed by atoms with Crippen LogP contribution in [0.15, 0.2) is 23.3 Å². The topological polar surface area (TPSA) is 169 Å². The second-order valence-electron chi connectivity index (χ2n) is 9.30. The van der Waals surface area contributed by atoms with Crippen molar-refractivity contribution in [2.45, 2.75) is 44.1 Å². The number of H-pyrrole nitrogens is 1. The van der Waals surface area contributed by atoms with E-state index in [0.717, 1.165) is 26.2 Å². The van der Waals surface area contributed by atoms with E-state index in [1.165, 1.54) is 13.0 Å². The molecule has 11 nitrogen and oxygen atoms in total. The number of benzene rings is 1. The van der Waals surface area contributed by atoms with Gasteiger partial charge in [0.05, 0.1) is 25.7 Å². The summed E-state index contributed by atoms with van der Waals surface area (Å²) in [6.45, 7) is 1.66. The normalized spacial score (nSPS) is 22.9. The van der Waals surface area contributed by atoms with Crippen molar-refractivity contribution in [3.05, 3.63) is 46.9 Å². The van der Waals surface area contributed by atoms with E-state index in [1.54, 1.807) is 0 Å². The van der Waals surface area contributed by atoms with Gasteiger partial charge in [-0.1, -0.05) is 13.0 Å². The van der Waals surface area contributed by atoms with Crippen LogP contribution in [0.2, 0.25) is 0 Å². The molecule has 5 N–H and O–H groups in total. The SMILES string of the molecule is COc1c([C@H]2[C@H](c3nc4c(C(=N)N=N)nc(NC(=O)CCO)cc4[nH]3)O[C@@](C)(C(F)(F)F)[C@H]2C)ccc(F)c1F. The summed E-state index contributed by atoms with van der Waals surface area (Å²) in [5, 5.41) is 22.4. The third-order valence-electron chi connectivity index (χ3n) is 7.01. The summed E-state index contributed by atoms with van der Waals surface area (Å²) in [6, 6.07) is 3.19. The van der Waals surface area contributed by atoms with E-state index in [4.69, 9.17) is 25.5 Å².